The number of likely N-dealkylation sites (N-methyl/N-ethyl adjacent to an activating group) is 2. The number of fused-ring (bicyclic) bond motifs is 1. The minimum Gasteiger partial charge on any atom is -0.494 e. The van der Waals surface area contributed by atoms with Gasteiger partial charge in [-0.15, -0.1) is 0 Å². The second kappa shape index (κ2) is 11.4. The van der Waals surface area contributed by atoms with Crippen LogP contribution >= 0.6 is 0 Å². The SMILES string of the molecule is COC(=O)c1ccc2c(-c3ccnc(Nc4cc([N+](=O)[O-])c(N(C)CCN(C)C)cc4OC)n3)cn(C)c2c1. The van der Waals surface area contributed by atoms with Crippen LogP contribution < -0.4 is 15.0 Å². The van der Waals surface area contributed by atoms with Crippen molar-refractivity contribution in [2.24, 2.45) is 7.05 Å². The van der Waals surface area contributed by atoms with Crippen LogP contribution in [-0.4, -0.2) is 78.8 Å². The molecule has 39 heavy (non-hydrogen) atoms. The van der Waals surface area contributed by atoms with Gasteiger partial charge in [0.2, 0.25) is 5.95 Å². The van der Waals surface area contributed by atoms with Crippen LogP contribution in [0.5, 0.6) is 5.75 Å². The molecule has 0 radical (unpaired) electrons. The molecule has 4 rings (SSSR count). The fourth-order valence-electron chi connectivity index (χ4n) is 4.27. The van der Waals surface area contributed by atoms with E-state index in [9.17, 15) is 14.9 Å². The lowest BCUT2D eigenvalue weighted by molar-refractivity contribution is -0.384. The molecule has 0 aliphatic rings. The summed E-state index contributed by atoms with van der Waals surface area (Å²) < 4.78 is 12.3. The minimum atomic E-state index is -0.415. The number of ether oxygens (including phenoxy) is 2. The number of hydrogen-bond donors (Lipinski definition) is 1. The van der Waals surface area contributed by atoms with Crippen molar-refractivity contribution in [3.63, 3.8) is 0 Å². The van der Waals surface area contributed by atoms with E-state index in [0.29, 0.717) is 34.9 Å². The van der Waals surface area contributed by atoms with E-state index in [4.69, 9.17) is 9.47 Å². The molecule has 1 N–H and O–H groups in total. The van der Waals surface area contributed by atoms with E-state index < -0.39 is 10.9 Å². The van der Waals surface area contributed by atoms with Crippen molar-refractivity contribution in [2.75, 3.05) is 58.7 Å². The quantitative estimate of drug-likeness (QED) is 0.181. The van der Waals surface area contributed by atoms with Gasteiger partial charge in [-0.2, -0.15) is 0 Å². The molecule has 0 aliphatic carbocycles. The van der Waals surface area contributed by atoms with Crippen molar-refractivity contribution < 1.29 is 19.2 Å². The predicted molar refractivity (Wildman–Crippen MR) is 150 cm³/mol. The Balaban J connectivity index is 1.69. The molecule has 2 heterocycles. The molecule has 0 unspecified atom stereocenters. The Morgan fingerprint density at radius 3 is 2.56 bits per heavy atom. The second-order valence-corrected chi connectivity index (χ2v) is 9.29. The average Bonchev–Trinajstić information content (AvgIpc) is 3.26. The van der Waals surface area contributed by atoms with Crippen molar-refractivity contribution in [2.45, 2.75) is 0 Å². The van der Waals surface area contributed by atoms with E-state index in [1.165, 1.54) is 20.3 Å². The van der Waals surface area contributed by atoms with Crippen molar-refractivity contribution in [1.82, 2.24) is 19.4 Å². The summed E-state index contributed by atoms with van der Waals surface area (Å²) in [6.45, 7) is 1.33. The Hall–Kier alpha value is -4.71. The number of nitro benzene ring substituents is 1. The molecule has 204 valence electrons. The third-order valence-electron chi connectivity index (χ3n) is 6.38. The molecule has 2 aromatic carbocycles. The van der Waals surface area contributed by atoms with Crippen molar-refractivity contribution in [1.29, 1.82) is 0 Å². The Labute approximate surface area is 225 Å². The molecule has 2 aromatic heterocycles. The van der Waals surface area contributed by atoms with Crippen molar-refractivity contribution in [3.05, 3.63) is 64.5 Å². The van der Waals surface area contributed by atoms with Gasteiger partial charge in [-0.1, -0.05) is 6.07 Å². The molecule has 0 bridgehead atoms. The van der Waals surface area contributed by atoms with Gasteiger partial charge in [0, 0.05) is 68.2 Å². The van der Waals surface area contributed by atoms with Crippen molar-refractivity contribution >= 4 is 39.9 Å². The number of carbonyl (C=O) groups is 1. The molecule has 0 aliphatic heterocycles. The molecular formula is C27H31N7O5. The normalized spacial score (nSPS) is 11.1. The zero-order valence-corrected chi connectivity index (χ0v) is 22.8. The third-order valence-corrected chi connectivity index (χ3v) is 6.38. The number of aromatic nitrogens is 3. The van der Waals surface area contributed by atoms with E-state index in [-0.39, 0.29) is 11.6 Å². The van der Waals surface area contributed by atoms with Crippen LogP contribution in [0.25, 0.3) is 22.2 Å². The van der Waals surface area contributed by atoms with Crippen LogP contribution in [0.1, 0.15) is 10.4 Å². The maximum atomic E-state index is 12.0. The molecule has 0 saturated carbocycles. The zero-order chi connectivity index (χ0) is 28.3. The summed E-state index contributed by atoms with van der Waals surface area (Å²) in [5.74, 6) is 0.255. The first-order valence-electron chi connectivity index (χ1n) is 12.1. The first kappa shape index (κ1) is 27.3. The smallest absolute Gasteiger partial charge is 0.337 e. The van der Waals surface area contributed by atoms with E-state index >= 15 is 0 Å². The number of methoxy groups -OCH3 is 2. The molecule has 0 fully saturated rings. The molecular weight excluding hydrogens is 502 g/mol. The summed E-state index contributed by atoms with van der Waals surface area (Å²) in [7, 11) is 10.4. The molecule has 0 atom stereocenters. The Morgan fingerprint density at radius 2 is 1.90 bits per heavy atom. The van der Waals surface area contributed by atoms with E-state index in [1.807, 2.05) is 54.8 Å². The van der Waals surface area contributed by atoms with Gasteiger partial charge >= 0.3 is 5.97 Å². The highest BCUT2D eigenvalue weighted by molar-refractivity contribution is 6.00. The first-order valence-corrected chi connectivity index (χ1v) is 12.1. The highest BCUT2D eigenvalue weighted by atomic mass is 16.6. The minimum absolute atomic E-state index is 0.0637. The Kier molecular flexibility index (Phi) is 7.96. The summed E-state index contributed by atoms with van der Waals surface area (Å²) in [6, 6.07) is 10.2. The highest BCUT2D eigenvalue weighted by Gasteiger charge is 2.23. The lowest BCUT2D eigenvalue weighted by Gasteiger charge is -2.22. The van der Waals surface area contributed by atoms with Gasteiger partial charge in [0.05, 0.1) is 36.1 Å². The van der Waals surface area contributed by atoms with Crippen LogP contribution in [0.4, 0.5) is 23.0 Å². The summed E-state index contributed by atoms with van der Waals surface area (Å²) in [5, 5.41) is 15.9. The number of carbonyl (C=O) groups excluding carboxylic acids is 1. The van der Waals surface area contributed by atoms with Gasteiger partial charge in [0.25, 0.3) is 5.69 Å². The van der Waals surface area contributed by atoms with Gasteiger partial charge in [-0.25, -0.2) is 14.8 Å². The fraction of sp³-hybridized carbons (Fsp3) is 0.296. The number of esters is 1. The summed E-state index contributed by atoms with van der Waals surface area (Å²) >= 11 is 0. The van der Waals surface area contributed by atoms with Gasteiger partial charge in [0.15, 0.2) is 0 Å². The first-order chi connectivity index (χ1) is 18.6. The largest absolute Gasteiger partial charge is 0.494 e. The Morgan fingerprint density at radius 1 is 1.13 bits per heavy atom. The molecule has 12 heteroatoms. The van der Waals surface area contributed by atoms with Gasteiger partial charge in [-0.05, 0) is 32.3 Å². The maximum absolute atomic E-state index is 12.0. The number of nitro groups is 1. The van der Waals surface area contributed by atoms with Crippen LogP contribution in [0.2, 0.25) is 0 Å². The van der Waals surface area contributed by atoms with Crippen LogP contribution in [0.3, 0.4) is 0 Å². The van der Waals surface area contributed by atoms with Crippen molar-refractivity contribution in [3.8, 4) is 17.0 Å². The highest BCUT2D eigenvalue weighted by Crippen LogP contribution is 2.39. The third kappa shape index (κ3) is 5.75. The summed E-state index contributed by atoms with van der Waals surface area (Å²) in [5.41, 5.74) is 3.51. The van der Waals surface area contributed by atoms with Crippen LogP contribution in [0.15, 0.2) is 48.8 Å². The zero-order valence-electron chi connectivity index (χ0n) is 22.8. The van der Waals surface area contributed by atoms with Crippen LogP contribution in [-0.2, 0) is 11.8 Å². The topological polar surface area (TPSA) is 128 Å². The van der Waals surface area contributed by atoms with E-state index in [2.05, 4.69) is 15.3 Å². The monoisotopic (exact) mass is 533 g/mol. The number of nitrogens with one attached hydrogen (secondary N) is 1. The molecule has 4 aromatic rings. The number of benzene rings is 2. The lowest BCUT2D eigenvalue weighted by atomic mass is 10.1. The number of rotatable bonds is 10. The summed E-state index contributed by atoms with van der Waals surface area (Å²) in [4.78, 5) is 36.3. The predicted octanol–water partition coefficient (Wildman–Crippen LogP) is 4.08. The molecule has 0 saturated heterocycles. The fourth-order valence-corrected chi connectivity index (χ4v) is 4.27. The number of nitrogens with zero attached hydrogens (tertiary/aromatic N) is 6. The number of aryl methyl sites for hydroxylation is 1. The lowest BCUT2D eigenvalue weighted by Crippen LogP contribution is -2.28. The van der Waals surface area contributed by atoms with Crippen LogP contribution in [0, 0.1) is 10.1 Å². The molecule has 12 nitrogen and oxygen atoms in total. The number of hydrogen-bond acceptors (Lipinski definition) is 10. The van der Waals surface area contributed by atoms with Gasteiger partial charge in [-0.3, -0.25) is 10.1 Å². The van der Waals surface area contributed by atoms with Gasteiger partial charge < -0.3 is 29.2 Å². The average molecular weight is 534 g/mol. The van der Waals surface area contributed by atoms with E-state index in [0.717, 1.165) is 23.0 Å². The molecule has 0 amide bonds. The van der Waals surface area contributed by atoms with E-state index in [1.54, 1.807) is 30.5 Å². The number of anilines is 3. The Bertz CT molecular complexity index is 1530. The summed E-state index contributed by atoms with van der Waals surface area (Å²) in [6.07, 6.45) is 3.53. The maximum Gasteiger partial charge on any atom is 0.337 e. The van der Waals surface area contributed by atoms with Gasteiger partial charge in [0.1, 0.15) is 11.4 Å². The standard InChI is InChI=1S/C27H31N7O5/c1-31(2)11-12-32(3)23-15-25(38-5)21(14-24(23)34(36)37)30-27-28-10-9-20(29-27)19-16-33(4)22-13-17(26(35)39-6)7-8-18(19)22/h7-10,13-16H,11-12H2,1-6H3,(H,28,29,30). The molecule has 0 spiro atoms. The second-order valence-electron chi connectivity index (χ2n) is 9.29.